The number of hydrogen-bond donors (Lipinski definition) is 0. The predicted octanol–water partition coefficient (Wildman–Crippen LogP) is 5.02. The van der Waals surface area contributed by atoms with Crippen LogP contribution in [0.3, 0.4) is 0 Å². The summed E-state index contributed by atoms with van der Waals surface area (Å²) in [6.45, 7) is 8.06. The number of nitro benzene ring substituents is 1. The first-order valence-electron chi connectivity index (χ1n) is 8.98. The molecule has 0 fully saturated rings. The maximum absolute atomic E-state index is 12.0. The van der Waals surface area contributed by atoms with E-state index in [0.717, 1.165) is 33.4 Å². The molecule has 0 N–H and O–H groups in total. The van der Waals surface area contributed by atoms with Crippen molar-refractivity contribution in [3.63, 3.8) is 0 Å². The third-order valence-corrected chi connectivity index (χ3v) is 5.98. The predicted molar refractivity (Wildman–Crippen MR) is 109 cm³/mol. The lowest BCUT2D eigenvalue weighted by molar-refractivity contribution is -0.385. The van der Waals surface area contributed by atoms with E-state index < -0.39 is 4.92 Å². The van der Waals surface area contributed by atoms with Crippen LogP contribution in [0.2, 0.25) is 0 Å². The van der Waals surface area contributed by atoms with Gasteiger partial charge in [0, 0.05) is 40.3 Å². The number of nitro groups is 1. The van der Waals surface area contributed by atoms with Crippen LogP contribution in [0.25, 0.3) is 0 Å². The van der Waals surface area contributed by atoms with Gasteiger partial charge in [-0.2, -0.15) is 11.8 Å². The Hall–Kier alpha value is -2.38. The van der Waals surface area contributed by atoms with Gasteiger partial charge in [-0.3, -0.25) is 14.9 Å². The molecule has 2 aromatic rings. The highest BCUT2D eigenvalue weighted by atomic mass is 32.2. The van der Waals surface area contributed by atoms with Gasteiger partial charge in [0.1, 0.15) is 5.75 Å². The average Bonchev–Trinajstić information content (AvgIpc) is 2.63. The van der Waals surface area contributed by atoms with E-state index in [0.29, 0.717) is 29.4 Å². The fraction of sp³-hybridized carbons (Fsp3) is 0.381. The fourth-order valence-corrected chi connectivity index (χ4v) is 4.93. The third-order valence-electron chi connectivity index (χ3n) is 4.97. The molecule has 0 spiro atoms. The fourth-order valence-electron chi connectivity index (χ4n) is 3.75. The van der Waals surface area contributed by atoms with Crippen molar-refractivity contribution in [3.8, 4) is 5.75 Å². The number of benzene rings is 2. The number of hydrogen-bond acceptors (Lipinski definition) is 6. The van der Waals surface area contributed by atoms with E-state index in [9.17, 15) is 14.9 Å². The van der Waals surface area contributed by atoms with Crippen molar-refractivity contribution in [1.82, 2.24) is 0 Å². The van der Waals surface area contributed by atoms with E-state index in [1.54, 1.807) is 24.8 Å². The number of ketones is 1. The largest absolute Gasteiger partial charge is 0.467 e. The monoisotopic (exact) mass is 401 g/mol. The molecule has 0 unspecified atom stereocenters. The van der Waals surface area contributed by atoms with Crippen LogP contribution in [0.4, 0.5) is 5.69 Å². The van der Waals surface area contributed by atoms with Crippen molar-refractivity contribution >= 4 is 23.2 Å². The molecule has 0 amide bonds. The molecule has 0 bridgehead atoms. The van der Waals surface area contributed by atoms with Gasteiger partial charge in [0.15, 0.2) is 12.6 Å². The van der Waals surface area contributed by atoms with Crippen LogP contribution in [0.5, 0.6) is 5.75 Å². The lowest BCUT2D eigenvalue weighted by Crippen LogP contribution is -2.13. The number of non-ortho nitro benzene ring substituents is 1. The van der Waals surface area contributed by atoms with Gasteiger partial charge in [-0.25, -0.2) is 0 Å². The molecule has 148 valence electrons. The molecule has 0 saturated heterocycles. The van der Waals surface area contributed by atoms with Gasteiger partial charge in [0.05, 0.1) is 11.5 Å². The van der Waals surface area contributed by atoms with Crippen LogP contribution >= 0.6 is 11.8 Å². The Balaban J connectivity index is 1.84. The Morgan fingerprint density at radius 1 is 1.18 bits per heavy atom. The summed E-state index contributed by atoms with van der Waals surface area (Å²) in [6.07, 6.45) is 0. The zero-order valence-corrected chi connectivity index (χ0v) is 17.3. The summed E-state index contributed by atoms with van der Waals surface area (Å²) in [6, 6.07) is 5.14. The quantitative estimate of drug-likeness (QED) is 0.384. The minimum absolute atomic E-state index is 0.0463. The first-order valence-corrected chi connectivity index (χ1v) is 10.1. The average molecular weight is 401 g/mol. The first-order chi connectivity index (χ1) is 13.3. The molecule has 7 heteroatoms. The van der Waals surface area contributed by atoms with E-state index >= 15 is 0 Å². The lowest BCUT2D eigenvalue weighted by atomic mass is 9.92. The SMILES string of the molecule is CC(=O)c1c(C)cc(C)c(CSCc2cc([N+](=O)[O-])cc3c2OCOC3)c1C. The standard InChI is InChI=1S/C21H23NO5S/c1-12-5-13(2)20(15(4)23)14(3)19(12)10-28-9-17-7-18(22(24)25)6-16-8-26-11-27-21(16)17/h5-7H,8-11H2,1-4H3. The second kappa shape index (κ2) is 8.32. The van der Waals surface area contributed by atoms with Gasteiger partial charge in [0.25, 0.3) is 5.69 Å². The number of aryl methyl sites for hydroxylation is 2. The first kappa shape index (κ1) is 20.4. The number of Topliss-reactive ketones (excluding diaryl/α,β-unsaturated/α-hetero) is 1. The minimum atomic E-state index is -0.392. The van der Waals surface area contributed by atoms with Crippen molar-refractivity contribution in [2.24, 2.45) is 0 Å². The number of thioether (sulfide) groups is 1. The lowest BCUT2D eigenvalue weighted by Gasteiger charge is -2.21. The molecule has 0 atom stereocenters. The molecule has 1 aliphatic heterocycles. The van der Waals surface area contributed by atoms with Crippen LogP contribution in [-0.2, 0) is 22.8 Å². The maximum Gasteiger partial charge on any atom is 0.270 e. The van der Waals surface area contributed by atoms with Crippen LogP contribution in [0.15, 0.2) is 18.2 Å². The summed E-state index contributed by atoms with van der Waals surface area (Å²) in [5.74, 6) is 2.05. The Labute approximate surface area is 168 Å². The highest BCUT2D eigenvalue weighted by Gasteiger charge is 2.21. The van der Waals surface area contributed by atoms with Gasteiger partial charge in [-0.15, -0.1) is 0 Å². The molecule has 28 heavy (non-hydrogen) atoms. The minimum Gasteiger partial charge on any atom is -0.467 e. The Bertz CT molecular complexity index is 955. The Kier molecular flexibility index (Phi) is 6.05. The van der Waals surface area contributed by atoms with Crippen molar-refractivity contribution in [3.05, 3.63) is 67.3 Å². The van der Waals surface area contributed by atoms with E-state index in [-0.39, 0.29) is 18.3 Å². The molecule has 0 aromatic heterocycles. The summed E-state index contributed by atoms with van der Waals surface area (Å²) in [5, 5.41) is 11.2. The topological polar surface area (TPSA) is 78.7 Å². The molecule has 2 aromatic carbocycles. The smallest absolute Gasteiger partial charge is 0.270 e. The van der Waals surface area contributed by atoms with Crippen LogP contribution in [-0.4, -0.2) is 17.5 Å². The van der Waals surface area contributed by atoms with Crippen molar-refractivity contribution < 1.29 is 19.2 Å². The second-order valence-electron chi connectivity index (χ2n) is 7.00. The number of rotatable bonds is 6. The normalized spacial score (nSPS) is 13.0. The number of carbonyl (C=O) groups is 1. The second-order valence-corrected chi connectivity index (χ2v) is 7.98. The molecule has 1 aliphatic rings. The molecule has 0 aliphatic carbocycles. The van der Waals surface area contributed by atoms with E-state index in [4.69, 9.17) is 9.47 Å². The van der Waals surface area contributed by atoms with Crippen molar-refractivity contribution in [2.45, 2.75) is 45.8 Å². The molecular weight excluding hydrogens is 378 g/mol. The van der Waals surface area contributed by atoms with Gasteiger partial charge in [0.2, 0.25) is 0 Å². The molecule has 0 radical (unpaired) electrons. The van der Waals surface area contributed by atoms with E-state index in [2.05, 4.69) is 13.0 Å². The molecule has 6 nitrogen and oxygen atoms in total. The highest BCUT2D eigenvalue weighted by Crippen LogP contribution is 2.36. The molecular formula is C21H23NO5S. The Morgan fingerprint density at radius 3 is 2.61 bits per heavy atom. The number of nitrogens with zero attached hydrogens (tertiary/aromatic N) is 1. The number of carbonyl (C=O) groups excluding carboxylic acids is 1. The highest BCUT2D eigenvalue weighted by molar-refractivity contribution is 7.97. The van der Waals surface area contributed by atoms with Gasteiger partial charge < -0.3 is 9.47 Å². The van der Waals surface area contributed by atoms with Gasteiger partial charge in [-0.1, -0.05) is 6.07 Å². The molecule has 0 saturated carbocycles. The summed E-state index contributed by atoms with van der Waals surface area (Å²) in [7, 11) is 0. The van der Waals surface area contributed by atoms with Crippen molar-refractivity contribution in [2.75, 3.05) is 6.79 Å². The van der Waals surface area contributed by atoms with Crippen molar-refractivity contribution in [1.29, 1.82) is 0 Å². The molecule has 1 heterocycles. The number of ether oxygens (including phenoxy) is 2. The van der Waals surface area contributed by atoms with E-state index in [1.165, 1.54) is 6.07 Å². The Morgan fingerprint density at radius 2 is 1.93 bits per heavy atom. The third kappa shape index (κ3) is 4.05. The van der Waals surface area contributed by atoms with Crippen LogP contribution < -0.4 is 4.74 Å². The zero-order chi connectivity index (χ0) is 20.4. The van der Waals surface area contributed by atoms with E-state index in [1.807, 2.05) is 13.8 Å². The summed E-state index contributed by atoms with van der Waals surface area (Å²) in [5.41, 5.74) is 6.65. The summed E-state index contributed by atoms with van der Waals surface area (Å²) < 4.78 is 10.9. The molecule has 3 rings (SSSR count). The van der Waals surface area contributed by atoms with Crippen LogP contribution in [0, 0.1) is 30.9 Å². The van der Waals surface area contributed by atoms with Crippen LogP contribution in [0.1, 0.15) is 50.7 Å². The zero-order valence-electron chi connectivity index (χ0n) is 16.5. The summed E-state index contributed by atoms with van der Waals surface area (Å²) in [4.78, 5) is 22.9. The van der Waals surface area contributed by atoms with Gasteiger partial charge >= 0.3 is 0 Å². The maximum atomic E-state index is 12.0. The van der Waals surface area contributed by atoms with Gasteiger partial charge in [-0.05, 0) is 49.9 Å². The summed E-state index contributed by atoms with van der Waals surface area (Å²) >= 11 is 1.65. The number of fused-ring (bicyclic) bond motifs is 1.